The normalized spacial score (nSPS) is 10.1. The lowest BCUT2D eigenvalue weighted by atomic mass is 10.1. The van der Waals surface area contributed by atoms with Crippen molar-refractivity contribution in [2.24, 2.45) is 0 Å². The minimum Gasteiger partial charge on any atom is -0.326 e. The molecule has 0 aliphatic carbocycles. The van der Waals surface area contributed by atoms with E-state index >= 15 is 0 Å². The fraction of sp³-hybridized carbons (Fsp3) is 0.200. The van der Waals surface area contributed by atoms with Crippen LogP contribution in [-0.4, -0.2) is 10.9 Å². The van der Waals surface area contributed by atoms with Crippen molar-refractivity contribution in [3.63, 3.8) is 0 Å². The van der Waals surface area contributed by atoms with Crippen LogP contribution >= 0.6 is 0 Å². The van der Waals surface area contributed by atoms with Crippen molar-refractivity contribution < 1.29 is 4.79 Å². The van der Waals surface area contributed by atoms with Gasteiger partial charge in [-0.05, 0) is 48.7 Å². The minimum absolute atomic E-state index is 0.00472. The summed E-state index contributed by atoms with van der Waals surface area (Å²) in [6.07, 6.45) is 3.76. The third-order valence-corrected chi connectivity index (χ3v) is 2.78. The maximum atomic E-state index is 11.9. The molecule has 0 spiro atoms. The second kappa shape index (κ2) is 5.45. The highest BCUT2D eigenvalue weighted by atomic mass is 16.1. The van der Waals surface area contributed by atoms with E-state index in [9.17, 15) is 4.79 Å². The number of hydrogen-bond donors (Lipinski definition) is 1. The van der Waals surface area contributed by atoms with E-state index in [2.05, 4.69) is 10.3 Å². The Labute approximate surface area is 107 Å². The molecule has 1 aromatic carbocycles. The van der Waals surface area contributed by atoms with Gasteiger partial charge < -0.3 is 5.32 Å². The second-order valence-electron chi connectivity index (χ2n) is 4.40. The summed E-state index contributed by atoms with van der Waals surface area (Å²) in [5.74, 6) is -0.00472. The number of nitrogens with zero attached hydrogens (tertiary/aromatic N) is 1. The van der Waals surface area contributed by atoms with Crippen LogP contribution in [0, 0.1) is 13.8 Å². The van der Waals surface area contributed by atoms with E-state index in [1.807, 2.05) is 44.2 Å². The molecule has 0 saturated heterocycles. The van der Waals surface area contributed by atoms with Crippen molar-refractivity contribution in [1.82, 2.24) is 4.98 Å². The van der Waals surface area contributed by atoms with Crippen LogP contribution in [0.4, 0.5) is 5.69 Å². The Bertz CT molecular complexity index is 550. The smallest absolute Gasteiger partial charge is 0.228 e. The molecule has 3 heteroatoms. The first-order chi connectivity index (χ1) is 8.65. The van der Waals surface area contributed by atoms with Gasteiger partial charge in [0, 0.05) is 18.1 Å². The van der Waals surface area contributed by atoms with Gasteiger partial charge in [0.25, 0.3) is 0 Å². The molecule has 0 aliphatic rings. The van der Waals surface area contributed by atoms with E-state index in [1.165, 1.54) is 0 Å². The number of amides is 1. The molecule has 92 valence electrons. The Balaban J connectivity index is 2.05. The van der Waals surface area contributed by atoms with E-state index in [1.54, 1.807) is 12.4 Å². The number of carbonyl (C=O) groups is 1. The van der Waals surface area contributed by atoms with Crippen LogP contribution in [0.25, 0.3) is 0 Å². The summed E-state index contributed by atoms with van der Waals surface area (Å²) in [5.41, 5.74) is 4.06. The lowest BCUT2D eigenvalue weighted by molar-refractivity contribution is -0.115. The summed E-state index contributed by atoms with van der Waals surface area (Å²) in [6, 6.07) is 9.73. The third-order valence-electron chi connectivity index (χ3n) is 2.78. The number of anilines is 1. The Morgan fingerprint density at radius 2 is 1.89 bits per heavy atom. The van der Waals surface area contributed by atoms with Crippen molar-refractivity contribution in [2.45, 2.75) is 20.3 Å². The van der Waals surface area contributed by atoms with Crippen LogP contribution in [-0.2, 0) is 11.2 Å². The average Bonchev–Trinajstić information content (AvgIpc) is 2.35. The van der Waals surface area contributed by atoms with E-state index < -0.39 is 0 Å². The standard InChI is InChI=1S/C15H16N2O/c1-11-3-4-12(2)14(9-11)17-15(18)10-13-5-7-16-8-6-13/h3-9H,10H2,1-2H3,(H,17,18). The number of rotatable bonds is 3. The molecule has 1 heterocycles. The summed E-state index contributed by atoms with van der Waals surface area (Å²) in [6.45, 7) is 4.00. The van der Waals surface area contributed by atoms with Crippen LogP contribution in [0.3, 0.4) is 0 Å². The van der Waals surface area contributed by atoms with Crippen LogP contribution in [0.2, 0.25) is 0 Å². The number of pyridine rings is 1. The van der Waals surface area contributed by atoms with Gasteiger partial charge >= 0.3 is 0 Å². The maximum absolute atomic E-state index is 11.9. The van der Waals surface area contributed by atoms with Crippen molar-refractivity contribution in [1.29, 1.82) is 0 Å². The molecule has 0 atom stereocenters. The zero-order valence-corrected chi connectivity index (χ0v) is 10.6. The SMILES string of the molecule is Cc1ccc(C)c(NC(=O)Cc2ccncc2)c1. The predicted molar refractivity (Wildman–Crippen MR) is 72.5 cm³/mol. The van der Waals surface area contributed by atoms with Crippen LogP contribution < -0.4 is 5.32 Å². The number of hydrogen-bond acceptors (Lipinski definition) is 2. The maximum Gasteiger partial charge on any atom is 0.228 e. The molecule has 0 fully saturated rings. The van der Waals surface area contributed by atoms with E-state index in [0.29, 0.717) is 6.42 Å². The number of carbonyl (C=O) groups excluding carboxylic acids is 1. The van der Waals surface area contributed by atoms with Gasteiger partial charge in [-0.15, -0.1) is 0 Å². The third kappa shape index (κ3) is 3.17. The largest absolute Gasteiger partial charge is 0.326 e. The molecule has 0 unspecified atom stereocenters. The van der Waals surface area contributed by atoms with E-state index in [-0.39, 0.29) is 5.91 Å². The molecular weight excluding hydrogens is 224 g/mol. The average molecular weight is 240 g/mol. The molecule has 0 radical (unpaired) electrons. The zero-order valence-electron chi connectivity index (χ0n) is 10.6. The topological polar surface area (TPSA) is 42.0 Å². The van der Waals surface area contributed by atoms with Gasteiger partial charge in [-0.3, -0.25) is 9.78 Å². The van der Waals surface area contributed by atoms with E-state index in [0.717, 1.165) is 22.4 Å². The quantitative estimate of drug-likeness (QED) is 0.896. The summed E-state index contributed by atoms with van der Waals surface area (Å²) in [4.78, 5) is 15.8. The van der Waals surface area contributed by atoms with E-state index in [4.69, 9.17) is 0 Å². The fourth-order valence-corrected chi connectivity index (χ4v) is 1.75. The van der Waals surface area contributed by atoms with Gasteiger partial charge in [-0.2, -0.15) is 0 Å². The highest BCUT2D eigenvalue weighted by Gasteiger charge is 2.06. The van der Waals surface area contributed by atoms with Gasteiger partial charge in [-0.1, -0.05) is 12.1 Å². The summed E-state index contributed by atoms with van der Waals surface area (Å²) < 4.78 is 0. The summed E-state index contributed by atoms with van der Waals surface area (Å²) in [5, 5.41) is 2.94. The van der Waals surface area contributed by atoms with Gasteiger partial charge in [0.15, 0.2) is 0 Å². The van der Waals surface area contributed by atoms with Crippen molar-refractivity contribution >= 4 is 11.6 Å². The molecule has 18 heavy (non-hydrogen) atoms. The van der Waals surface area contributed by atoms with Gasteiger partial charge in [0.2, 0.25) is 5.91 Å². The molecule has 3 nitrogen and oxygen atoms in total. The van der Waals surface area contributed by atoms with Gasteiger partial charge in [0.05, 0.1) is 6.42 Å². The Hall–Kier alpha value is -2.16. The highest BCUT2D eigenvalue weighted by Crippen LogP contribution is 2.16. The molecule has 2 aromatic rings. The summed E-state index contributed by atoms with van der Waals surface area (Å²) in [7, 11) is 0. The number of aromatic nitrogens is 1. The van der Waals surface area contributed by atoms with Crippen molar-refractivity contribution in [2.75, 3.05) is 5.32 Å². The van der Waals surface area contributed by atoms with Crippen LogP contribution in [0.1, 0.15) is 16.7 Å². The van der Waals surface area contributed by atoms with Gasteiger partial charge in [0.1, 0.15) is 0 Å². The number of benzene rings is 1. The summed E-state index contributed by atoms with van der Waals surface area (Å²) >= 11 is 0. The van der Waals surface area contributed by atoms with Crippen LogP contribution in [0.5, 0.6) is 0 Å². The molecular formula is C15H16N2O. The lowest BCUT2D eigenvalue weighted by Crippen LogP contribution is -2.15. The first kappa shape index (κ1) is 12.3. The zero-order chi connectivity index (χ0) is 13.0. The molecule has 0 bridgehead atoms. The lowest BCUT2D eigenvalue weighted by Gasteiger charge is -2.09. The first-order valence-corrected chi connectivity index (χ1v) is 5.91. The molecule has 2 rings (SSSR count). The van der Waals surface area contributed by atoms with Gasteiger partial charge in [-0.25, -0.2) is 0 Å². The molecule has 0 saturated carbocycles. The number of aryl methyl sites for hydroxylation is 2. The minimum atomic E-state index is -0.00472. The van der Waals surface area contributed by atoms with Crippen molar-refractivity contribution in [3.8, 4) is 0 Å². The van der Waals surface area contributed by atoms with Crippen LogP contribution in [0.15, 0.2) is 42.7 Å². The first-order valence-electron chi connectivity index (χ1n) is 5.91. The fourth-order valence-electron chi connectivity index (χ4n) is 1.75. The second-order valence-corrected chi connectivity index (χ2v) is 4.40. The molecule has 1 aromatic heterocycles. The number of nitrogens with one attached hydrogen (secondary N) is 1. The molecule has 0 aliphatic heterocycles. The van der Waals surface area contributed by atoms with Crippen molar-refractivity contribution in [3.05, 3.63) is 59.4 Å². The Kier molecular flexibility index (Phi) is 3.72. The Morgan fingerprint density at radius 1 is 1.17 bits per heavy atom. The monoisotopic (exact) mass is 240 g/mol. The molecule has 1 N–H and O–H groups in total. The highest BCUT2D eigenvalue weighted by molar-refractivity contribution is 5.93. The predicted octanol–water partition coefficient (Wildman–Crippen LogP) is 2.88. The Morgan fingerprint density at radius 3 is 2.61 bits per heavy atom. The molecule has 1 amide bonds.